The summed E-state index contributed by atoms with van der Waals surface area (Å²) < 4.78 is 0. The Hall–Kier alpha value is -2.72. The molecular weight excluding hydrogens is 424 g/mol. The molecule has 3 aliphatic heterocycles. The van der Waals surface area contributed by atoms with Crippen LogP contribution in [-0.4, -0.2) is 61.7 Å². The van der Waals surface area contributed by atoms with E-state index in [9.17, 15) is 4.79 Å². The van der Waals surface area contributed by atoms with Gasteiger partial charge in [-0.25, -0.2) is 4.98 Å². The number of anilines is 3. The standard InChI is InChI=1S/C22H28N8OS/c1-12-9-18(29-28-12)25-19-16-6-8-32-20(16)27-22(26-19)24-13-10-14-4-5-15(11-13)30(14)21(31)17-3-2-7-23-17/h6,8-9,13-15,17,23H,2-5,7,10-11H2,1H3,(H3,24,25,26,27,28,29)/t13-,14-,15+,17-/m0/s1. The van der Waals surface area contributed by atoms with Gasteiger partial charge < -0.3 is 20.9 Å². The number of thiophene rings is 1. The molecule has 0 unspecified atom stereocenters. The van der Waals surface area contributed by atoms with Gasteiger partial charge in [0, 0.05) is 29.9 Å². The highest BCUT2D eigenvalue weighted by atomic mass is 32.1. The molecule has 3 aliphatic rings. The molecule has 3 fully saturated rings. The topological polar surface area (TPSA) is 111 Å². The minimum atomic E-state index is 0.0199. The number of aromatic nitrogens is 4. The summed E-state index contributed by atoms with van der Waals surface area (Å²) in [4.78, 5) is 25.8. The highest BCUT2D eigenvalue weighted by Crippen LogP contribution is 2.38. The third-order valence-electron chi connectivity index (χ3n) is 6.96. The summed E-state index contributed by atoms with van der Waals surface area (Å²) in [5.74, 6) is 2.44. The van der Waals surface area contributed by atoms with E-state index in [1.54, 1.807) is 11.3 Å². The smallest absolute Gasteiger partial charge is 0.240 e. The van der Waals surface area contributed by atoms with Gasteiger partial charge in [0.05, 0.1) is 11.4 Å². The Morgan fingerprint density at radius 1 is 1.22 bits per heavy atom. The molecule has 0 saturated carbocycles. The van der Waals surface area contributed by atoms with Crippen molar-refractivity contribution in [1.82, 2.24) is 30.4 Å². The van der Waals surface area contributed by atoms with Crippen LogP contribution in [0.5, 0.6) is 0 Å². The van der Waals surface area contributed by atoms with Gasteiger partial charge in [0.1, 0.15) is 10.6 Å². The van der Waals surface area contributed by atoms with Gasteiger partial charge in [0.25, 0.3) is 0 Å². The number of carbonyl (C=O) groups excluding carboxylic acids is 1. The average Bonchev–Trinajstić information content (AvgIpc) is 3.56. The molecule has 0 aliphatic carbocycles. The van der Waals surface area contributed by atoms with Crippen molar-refractivity contribution in [2.24, 2.45) is 0 Å². The van der Waals surface area contributed by atoms with Gasteiger partial charge in [-0.15, -0.1) is 11.3 Å². The Labute approximate surface area is 190 Å². The van der Waals surface area contributed by atoms with Crippen molar-refractivity contribution in [3.8, 4) is 0 Å². The molecule has 3 aromatic heterocycles. The number of hydrogen-bond acceptors (Lipinski definition) is 8. The second-order valence-corrected chi connectivity index (χ2v) is 10.1. The van der Waals surface area contributed by atoms with Crippen molar-refractivity contribution < 1.29 is 4.79 Å². The van der Waals surface area contributed by atoms with E-state index < -0.39 is 0 Å². The number of rotatable bonds is 5. The van der Waals surface area contributed by atoms with Crippen LogP contribution in [0.4, 0.5) is 17.6 Å². The normalized spacial score (nSPS) is 27.2. The van der Waals surface area contributed by atoms with E-state index in [0.717, 1.165) is 72.6 Å². The molecule has 0 radical (unpaired) electrons. The average molecular weight is 453 g/mol. The van der Waals surface area contributed by atoms with Gasteiger partial charge in [-0.3, -0.25) is 9.89 Å². The van der Waals surface area contributed by atoms with Crippen LogP contribution < -0.4 is 16.0 Å². The van der Waals surface area contributed by atoms with Gasteiger partial charge in [0.15, 0.2) is 5.82 Å². The largest absolute Gasteiger partial charge is 0.351 e. The number of hydrogen-bond donors (Lipinski definition) is 4. The quantitative estimate of drug-likeness (QED) is 0.471. The number of nitrogens with one attached hydrogen (secondary N) is 4. The molecule has 32 heavy (non-hydrogen) atoms. The lowest BCUT2D eigenvalue weighted by Crippen LogP contribution is -2.54. The monoisotopic (exact) mass is 452 g/mol. The Morgan fingerprint density at radius 2 is 2.06 bits per heavy atom. The van der Waals surface area contributed by atoms with Crippen LogP contribution in [0.1, 0.15) is 44.2 Å². The maximum atomic E-state index is 13.1. The maximum Gasteiger partial charge on any atom is 0.240 e. The molecule has 10 heteroatoms. The number of amides is 1. The molecule has 9 nitrogen and oxygen atoms in total. The number of nitrogens with zero attached hydrogens (tertiary/aromatic N) is 4. The molecule has 6 rings (SSSR count). The van der Waals surface area contributed by atoms with E-state index >= 15 is 0 Å². The number of aryl methyl sites for hydroxylation is 1. The van der Waals surface area contributed by atoms with Gasteiger partial charge >= 0.3 is 0 Å². The third kappa shape index (κ3) is 3.61. The minimum Gasteiger partial charge on any atom is -0.351 e. The minimum absolute atomic E-state index is 0.0199. The van der Waals surface area contributed by atoms with Crippen LogP contribution in [0.3, 0.4) is 0 Å². The SMILES string of the molecule is Cc1cc(Nc2nc(N[C@@H]3C[C@H]4CC[C@@H](C3)N4C(=O)[C@@H]3CCCN3)nc3sccc23)n[nH]1. The summed E-state index contributed by atoms with van der Waals surface area (Å²) in [6.45, 7) is 2.93. The molecule has 0 spiro atoms. The number of fused-ring (bicyclic) bond motifs is 3. The zero-order valence-electron chi connectivity index (χ0n) is 18.1. The van der Waals surface area contributed by atoms with Crippen LogP contribution in [-0.2, 0) is 4.79 Å². The van der Waals surface area contributed by atoms with Gasteiger partial charge in [-0.2, -0.15) is 10.1 Å². The molecule has 168 valence electrons. The first-order valence-corrected chi connectivity index (χ1v) is 12.4. The summed E-state index contributed by atoms with van der Waals surface area (Å²) >= 11 is 1.61. The molecule has 0 aromatic carbocycles. The fourth-order valence-corrected chi connectivity index (χ4v) is 6.30. The number of piperidine rings is 1. The molecular formula is C22H28N8OS. The van der Waals surface area contributed by atoms with Crippen LogP contribution >= 0.6 is 11.3 Å². The molecule has 1 amide bonds. The predicted octanol–water partition coefficient (Wildman–Crippen LogP) is 3.15. The summed E-state index contributed by atoms with van der Waals surface area (Å²) in [5.41, 5.74) is 0.992. The lowest BCUT2D eigenvalue weighted by atomic mass is 9.96. The molecule has 2 bridgehead atoms. The van der Waals surface area contributed by atoms with Gasteiger partial charge in [0.2, 0.25) is 11.9 Å². The summed E-state index contributed by atoms with van der Waals surface area (Å²) in [7, 11) is 0. The van der Waals surface area contributed by atoms with E-state index in [4.69, 9.17) is 9.97 Å². The van der Waals surface area contributed by atoms with Crippen molar-refractivity contribution in [3.63, 3.8) is 0 Å². The molecule has 6 heterocycles. The van der Waals surface area contributed by atoms with E-state index in [1.165, 1.54) is 0 Å². The first-order valence-electron chi connectivity index (χ1n) is 11.5. The van der Waals surface area contributed by atoms with Crippen LogP contribution in [0.2, 0.25) is 0 Å². The number of aromatic amines is 1. The first-order chi connectivity index (χ1) is 15.6. The second-order valence-electron chi connectivity index (χ2n) is 9.19. The highest BCUT2D eigenvalue weighted by Gasteiger charge is 2.45. The Morgan fingerprint density at radius 3 is 2.78 bits per heavy atom. The summed E-state index contributed by atoms with van der Waals surface area (Å²) in [5, 5.41) is 20.5. The van der Waals surface area contributed by atoms with Crippen molar-refractivity contribution >= 4 is 45.0 Å². The first kappa shape index (κ1) is 19.9. The maximum absolute atomic E-state index is 13.1. The van der Waals surface area contributed by atoms with Crippen molar-refractivity contribution in [1.29, 1.82) is 0 Å². The third-order valence-corrected chi connectivity index (χ3v) is 7.76. The van der Waals surface area contributed by atoms with Crippen LogP contribution in [0.15, 0.2) is 17.5 Å². The fourth-order valence-electron chi connectivity index (χ4n) is 5.53. The zero-order valence-corrected chi connectivity index (χ0v) is 18.9. The number of carbonyl (C=O) groups is 1. The van der Waals surface area contributed by atoms with Crippen molar-refractivity contribution in [3.05, 3.63) is 23.2 Å². The Bertz CT molecular complexity index is 1120. The number of H-pyrrole nitrogens is 1. The van der Waals surface area contributed by atoms with E-state index in [0.29, 0.717) is 23.9 Å². The molecule has 4 N–H and O–H groups in total. The Balaban J connectivity index is 1.19. The van der Waals surface area contributed by atoms with Gasteiger partial charge in [-0.1, -0.05) is 0 Å². The Kier molecular flexibility index (Phi) is 4.98. The lowest BCUT2D eigenvalue weighted by molar-refractivity contribution is -0.137. The van der Waals surface area contributed by atoms with Crippen LogP contribution in [0.25, 0.3) is 10.2 Å². The zero-order chi connectivity index (χ0) is 21.7. The summed E-state index contributed by atoms with van der Waals surface area (Å²) in [6.07, 6.45) is 6.15. The van der Waals surface area contributed by atoms with E-state index in [-0.39, 0.29) is 12.1 Å². The fraction of sp³-hybridized carbons (Fsp3) is 0.545. The molecule has 3 aromatic rings. The van der Waals surface area contributed by atoms with Crippen molar-refractivity contribution in [2.45, 2.75) is 69.6 Å². The summed E-state index contributed by atoms with van der Waals surface area (Å²) in [6, 6.07) is 4.91. The predicted molar refractivity (Wildman–Crippen MR) is 125 cm³/mol. The van der Waals surface area contributed by atoms with E-state index in [1.807, 2.05) is 24.4 Å². The van der Waals surface area contributed by atoms with E-state index in [2.05, 4.69) is 31.0 Å². The lowest BCUT2D eigenvalue weighted by Gasteiger charge is -2.40. The second kappa shape index (κ2) is 8.00. The molecule has 3 saturated heterocycles. The van der Waals surface area contributed by atoms with Gasteiger partial charge in [-0.05, 0) is 63.4 Å². The van der Waals surface area contributed by atoms with Crippen LogP contribution in [0, 0.1) is 6.92 Å². The molecule has 4 atom stereocenters. The highest BCUT2D eigenvalue weighted by molar-refractivity contribution is 7.16. The van der Waals surface area contributed by atoms with Crippen molar-refractivity contribution in [2.75, 3.05) is 17.2 Å².